The number of phenols is 1. The van der Waals surface area contributed by atoms with E-state index >= 15 is 0 Å². The number of hydrogen-bond acceptors (Lipinski definition) is 8. The Bertz CT molecular complexity index is 1740. The number of carboxylic acids is 1. The number of fused-ring (bicyclic) bond motifs is 5. The van der Waals surface area contributed by atoms with E-state index in [0.29, 0.717) is 16.9 Å². The Morgan fingerprint density at radius 2 is 1.85 bits per heavy atom. The molecule has 0 aliphatic carbocycles. The van der Waals surface area contributed by atoms with E-state index in [2.05, 4.69) is 20.2 Å². The SMILES string of the molecule is COC(=O)CN(CC(=O)O)Cc1cc(C)cc(/C=N/Nc2nc3ccccc3c3[nH]c4ccccc4c23)c1O. The van der Waals surface area contributed by atoms with Crippen LogP contribution in [0, 0.1) is 6.92 Å². The van der Waals surface area contributed by atoms with Gasteiger partial charge in [0.25, 0.3) is 0 Å². The number of anilines is 1. The molecule has 0 bridgehead atoms. The van der Waals surface area contributed by atoms with Gasteiger partial charge in [0.1, 0.15) is 5.75 Å². The van der Waals surface area contributed by atoms with Crippen LogP contribution in [0.1, 0.15) is 16.7 Å². The number of benzene rings is 3. The largest absolute Gasteiger partial charge is 0.507 e. The van der Waals surface area contributed by atoms with Crippen LogP contribution in [0.25, 0.3) is 32.7 Å². The Morgan fingerprint density at radius 1 is 1.10 bits per heavy atom. The van der Waals surface area contributed by atoms with Gasteiger partial charge in [0.05, 0.1) is 42.8 Å². The average molecular weight is 526 g/mol. The maximum Gasteiger partial charge on any atom is 0.319 e. The molecule has 0 aliphatic heterocycles. The summed E-state index contributed by atoms with van der Waals surface area (Å²) in [6.07, 6.45) is 1.49. The van der Waals surface area contributed by atoms with Crippen LogP contribution < -0.4 is 5.43 Å². The van der Waals surface area contributed by atoms with Crippen LogP contribution in [0.3, 0.4) is 0 Å². The third kappa shape index (κ3) is 5.36. The van der Waals surface area contributed by atoms with E-state index in [1.54, 1.807) is 12.1 Å². The van der Waals surface area contributed by atoms with Gasteiger partial charge in [-0.2, -0.15) is 5.10 Å². The molecular weight excluding hydrogens is 498 g/mol. The number of hydrogen-bond donors (Lipinski definition) is 4. The molecule has 0 fully saturated rings. The number of hydrazone groups is 1. The van der Waals surface area contributed by atoms with E-state index in [9.17, 15) is 19.8 Å². The van der Waals surface area contributed by atoms with Gasteiger partial charge in [-0.15, -0.1) is 0 Å². The number of carboxylic acid groups (broad SMARTS) is 1. The molecule has 0 aliphatic rings. The summed E-state index contributed by atoms with van der Waals surface area (Å²) < 4.78 is 4.68. The molecule has 5 rings (SSSR count). The van der Waals surface area contributed by atoms with E-state index in [-0.39, 0.29) is 25.4 Å². The summed E-state index contributed by atoms with van der Waals surface area (Å²) in [5.74, 6) is -1.16. The number of pyridine rings is 1. The van der Waals surface area contributed by atoms with Crippen molar-refractivity contribution in [1.82, 2.24) is 14.9 Å². The molecule has 4 N–H and O–H groups in total. The van der Waals surface area contributed by atoms with Crippen molar-refractivity contribution in [3.8, 4) is 5.75 Å². The number of aromatic nitrogens is 2. The second kappa shape index (κ2) is 10.8. The lowest BCUT2D eigenvalue weighted by Crippen LogP contribution is -2.34. The normalized spacial score (nSPS) is 11.7. The second-order valence-corrected chi connectivity index (χ2v) is 9.25. The van der Waals surface area contributed by atoms with Gasteiger partial charge in [-0.25, -0.2) is 4.98 Å². The summed E-state index contributed by atoms with van der Waals surface area (Å²) in [4.78, 5) is 32.8. The number of esters is 1. The fourth-order valence-corrected chi connectivity index (χ4v) is 4.74. The fraction of sp³-hybridized carbons (Fsp3) is 0.172. The van der Waals surface area contributed by atoms with Crippen molar-refractivity contribution >= 4 is 56.7 Å². The van der Waals surface area contributed by atoms with Crippen molar-refractivity contribution in [2.75, 3.05) is 25.6 Å². The van der Waals surface area contributed by atoms with E-state index in [4.69, 9.17) is 4.98 Å². The lowest BCUT2D eigenvalue weighted by molar-refractivity contribution is -0.144. The molecular formula is C29H27N5O5. The van der Waals surface area contributed by atoms with E-state index < -0.39 is 11.9 Å². The Balaban J connectivity index is 1.48. The Labute approximate surface area is 223 Å². The van der Waals surface area contributed by atoms with Crippen molar-refractivity contribution in [1.29, 1.82) is 0 Å². The van der Waals surface area contributed by atoms with Crippen LogP contribution in [0.2, 0.25) is 0 Å². The van der Waals surface area contributed by atoms with Crippen molar-refractivity contribution in [2.45, 2.75) is 13.5 Å². The summed E-state index contributed by atoms with van der Waals surface area (Å²) in [6, 6.07) is 19.3. The number of phenolic OH excluding ortho intramolecular Hbond substituents is 1. The number of carbonyl (C=O) groups is 2. The zero-order chi connectivity index (χ0) is 27.5. The first-order valence-corrected chi connectivity index (χ1v) is 12.3. The number of nitrogens with zero attached hydrogens (tertiary/aromatic N) is 3. The molecule has 10 nitrogen and oxygen atoms in total. The molecule has 10 heteroatoms. The molecule has 3 aromatic carbocycles. The van der Waals surface area contributed by atoms with Gasteiger partial charge < -0.3 is 19.9 Å². The van der Waals surface area contributed by atoms with Crippen LogP contribution in [-0.4, -0.2) is 63.4 Å². The number of H-pyrrole nitrogens is 1. The number of carbonyl (C=O) groups excluding carboxylic acids is 1. The third-order valence-electron chi connectivity index (χ3n) is 6.42. The second-order valence-electron chi connectivity index (χ2n) is 9.25. The quantitative estimate of drug-likeness (QED) is 0.126. The molecule has 0 unspecified atom stereocenters. The Kier molecular flexibility index (Phi) is 7.11. The van der Waals surface area contributed by atoms with Gasteiger partial charge in [-0.05, 0) is 30.7 Å². The highest BCUT2D eigenvalue weighted by Crippen LogP contribution is 2.35. The predicted molar refractivity (Wildman–Crippen MR) is 150 cm³/mol. The zero-order valence-electron chi connectivity index (χ0n) is 21.4. The molecule has 0 radical (unpaired) electrons. The molecule has 0 amide bonds. The molecule has 2 heterocycles. The van der Waals surface area contributed by atoms with Gasteiger partial charge >= 0.3 is 11.9 Å². The van der Waals surface area contributed by atoms with E-state index in [0.717, 1.165) is 38.3 Å². The van der Waals surface area contributed by atoms with E-state index in [1.807, 2.05) is 55.5 Å². The Hall–Kier alpha value is -4.96. The average Bonchev–Trinajstić information content (AvgIpc) is 3.31. The highest BCUT2D eigenvalue weighted by atomic mass is 16.5. The van der Waals surface area contributed by atoms with Gasteiger partial charge in [-0.3, -0.25) is 19.9 Å². The summed E-state index contributed by atoms with van der Waals surface area (Å²) >= 11 is 0. The first kappa shape index (κ1) is 25.7. The number of aromatic hydroxyl groups is 1. The molecule has 5 aromatic rings. The topological polar surface area (TPSA) is 140 Å². The number of nitrogens with one attached hydrogen (secondary N) is 2. The summed E-state index contributed by atoms with van der Waals surface area (Å²) in [6.45, 7) is 1.28. The monoisotopic (exact) mass is 525 g/mol. The minimum Gasteiger partial charge on any atom is -0.507 e. The maximum absolute atomic E-state index is 11.8. The van der Waals surface area contributed by atoms with Crippen molar-refractivity contribution in [2.24, 2.45) is 5.10 Å². The molecule has 0 atom stereocenters. The third-order valence-corrected chi connectivity index (χ3v) is 6.42. The lowest BCUT2D eigenvalue weighted by Gasteiger charge is -2.20. The molecule has 2 aromatic heterocycles. The van der Waals surface area contributed by atoms with Crippen LogP contribution in [0.15, 0.2) is 65.8 Å². The molecule has 39 heavy (non-hydrogen) atoms. The predicted octanol–water partition coefficient (Wildman–Crippen LogP) is 4.39. The Morgan fingerprint density at radius 3 is 2.62 bits per heavy atom. The maximum atomic E-state index is 11.8. The first-order valence-electron chi connectivity index (χ1n) is 12.3. The van der Waals surface area contributed by atoms with Crippen LogP contribution in [0.5, 0.6) is 5.75 Å². The van der Waals surface area contributed by atoms with Crippen molar-refractivity contribution in [3.05, 3.63) is 77.4 Å². The molecule has 198 valence electrons. The summed E-state index contributed by atoms with van der Waals surface area (Å²) in [7, 11) is 1.24. The van der Waals surface area contributed by atoms with Crippen molar-refractivity contribution < 1.29 is 24.5 Å². The number of rotatable bonds is 9. The minimum atomic E-state index is -1.09. The molecule has 0 saturated carbocycles. The summed E-state index contributed by atoms with van der Waals surface area (Å²) in [5.41, 5.74) is 7.52. The minimum absolute atomic E-state index is 0.0331. The van der Waals surface area contributed by atoms with Gasteiger partial charge in [0.15, 0.2) is 5.82 Å². The highest BCUT2D eigenvalue weighted by molar-refractivity contribution is 6.20. The van der Waals surface area contributed by atoms with Crippen LogP contribution in [-0.2, 0) is 20.9 Å². The van der Waals surface area contributed by atoms with Crippen molar-refractivity contribution in [3.63, 3.8) is 0 Å². The fourth-order valence-electron chi connectivity index (χ4n) is 4.74. The van der Waals surface area contributed by atoms with Crippen LogP contribution >= 0.6 is 0 Å². The van der Waals surface area contributed by atoms with Gasteiger partial charge in [0, 0.05) is 34.0 Å². The zero-order valence-corrected chi connectivity index (χ0v) is 21.4. The lowest BCUT2D eigenvalue weighted by atomic mass is 10.0. The standard InChI is InChI=1S/C29H27N5O5/c1-17-11-18(28(38)19(12-17)14-34(15-24(35)36)16-25(37)39-2)13-30-33-29-26-20-7-3-5-9-22(20)31-27(26)21-8-4-6-10-23(21)32-29/h3-13,31,38H,14-16H2,1-2H3,(H,32,33)(H,35,36)/b30-13+. The van der Waals surface area contributed by atoms with Gasteiger partial charge in [-0.1, -0.05) is 42.5 Å². The highest BCUT2D eigenvalue weighted by Gasteiger charge is 2.18. The number of aromatic amines is 1. The number of para-hydroxylation sites is 2. The van der Waals surface area contributed by atoms with Gasteiger partial charge in [0.2, 0.25) is 0 Å². The molecule has 0 saturated heterocycles. The summed E-state index contributed by atoms with van der Waals surface area (Å²) in [5, 5.41) is 27.5. The number of aliphatic carboxylic acids is 1. The van der Waals surface area contributed by atoms with Crippen LogP contribution in [0.4, 0.5) is 5.82 Å². The molecule has 0 spiro atoms. The smallest absolute Gasteiger partial charge is 0.319 e. The number of ether oxygens (including phenoxy) is 1. The first-order chi connectivity index (χ1) is 18.8. The number of methoxy groups -OCH3 is 1. The van der Waals surface area contributed by atoms with E-state index in [1.165, 1.54) is 18.2 Å². The number of aryl methyl sites for hydroxylation is 1.